The number of anilines is 2. The number of hydrogen-bond donors (Lipinski definition) is 0. The summed E-state index contributed by atoms with van der Waals surface area (Å²) in [6.45, 7) is 4.95. The molecule has 0 unspecified atom stereocenters. The number of benzene rings is 1. The number of nitrogens with zero attached hydrogens (tertiary/aromatic N) is 7. The van der Waals surface area contributed by atoms with Crippen molar-refractivity contribution in [3.05, 3.63) is 36.3 Å². The van der Waals surface area contributed by atoms with Crippen LogP contribution in [0.3, 0.4) is 0 Å². The van der Waals surface area contributed by atoms with Crippen LogP contribution in [0.1, 0.15) is 23.2 Å². The first-order valence-corrected chi connectivity index (χ1v) is 10.8. The molecule has 0 spiro atoms. The molecule has 9 heteroatoms. The summed E-state index contributed by atoms with van der Waals surface area (Å²) in [5.41, 5.74) is 2.63. The van der Waals surface area contributed by atoms with Gasteiger partial charge in [0.2, 0.25) is 5.88 Å². The molecule has 31 heavy (non-hydrogen) atoms. The van der Waals surface area contributed by atoms with Crippen LogP contribution in [0, 0.1) is 0 Å². The van der Waals surface area contributed by atoms with Gasteiger partial charge in [-0.05, 0) is 31.0 Å². The van der Waals surface area contributed by atoms with Crippen LogP contribution in [0.4, 0.5) is 11.5 Å². The highest BCUT2D eigenvalue weighted by Gasteiger charge is 2.26. The molecule has 2 aliphatic rings. The SMILES string of the molecule is COc1nn(C)cc1C(=O)N1CCN(c2ccc3ncnc(N4CCCC4)c3c2)CC1. The monoisotopic (exact) mass is 421 g/mol. The number of aryl methyl sites for hydroxylation is 1. The van der Waals surface area contributed by atoms with Crippen molar-refractivity contribution in [2.75, 3.05) is 56.2 Å². The number of fused-ring (bicyclic) bond motifs is 1. The molecule has 4 heterocycles. The van der Waals surface area contributed by atoms with Crippen LogP contribution in [-0.4, -0.2) is 76.9 Å². The Balaban J connectivity index is 1.33. The number of carbonyl (C=O) groups excluding carboxylic acids is 1. The molecular weight excluding hydrogens is 394 g/mol. The number of rotatable bonds is 4. The number of carbonyl (C=O) groups is 1. The normalized spacial score (nSPS) is 16.9. The third kappa shape index (κ3) is 3.64. The van der Waals surface area contributed by atoms with Gasteiger partial charge in [-0.15, -0.1) is 5.10 Å². The van der Waals surface area contributed by atoms with Crippen LogP contribution >= 0.6 is 0 Å². The van der Waals surface area contributed by atoms with E-state index >= 15 is 0 Å². The summed E-state index contributed by atoms with van der Waals surface area (Å²) in [4.78, 5) is 28.5. The third-order valence-electron chi connectivity index (χ3n) is 6.15. The summed E-state index contributed by atoms with van der Waals surface area (Å²) in [6.07, 6.45) is 5.80. The summed E-state index contributed by atoms with van der Waals surface area (Å²) in [5.74, 6) is 1.37. The Hall–Kier alpha value is -3.36. The average Bonchev–Trinajstić information content (AvgIpc) is 3.47. The molecule has 0 radical (unpaired) electrons. The van der Waals surface area contributed by atoms with E-state index in [-0.39, 0.29) is 5.91 Å². The Bertz CT molecular complexity index is 1100. The molecule has 9 nitrogen and oxygen atoms in total. The summed E-state index contributed by atoms with van der Waals surface area (Å²) in [7, 11) is 3.33. The maximum absolute atomic E-state index is 13.0. The second kappa shape index (κ2) is 8.05. The van der Waals surface area contributed by atoms with E-state index in [0.717, 1.165) is 48.6 Å². The largest absolute Gasteiger partial charge is 0.479 e. The van der Waals surface area contributed by atoms with Crippen molar-refractivity contribution in [3.8, 4) is 5.88 Å². The van der Waals surface area contributed by atoms with Crippen LogP contribution in [0.25, 0.3) is 10.9 Å². The van der Waals surface area contributed by atoms with Gasteiger partial charge in [0.15, 0.2) is 0 Å². The van der Waals surface area contributed by atoms with E-state index in [2.05, 4.69) is 43.1 Å². The fourth-order valence-electron chi connectivity index (χ4n) is 4.51. The van der Waals surface area contributed by atoms with E-state index in [1.807, 2.05) is 4.90 Å². The zero-order valence-corrected chi connectivity index (χ0v) is 18.0. The molecule has 162 valence electrons. The number of piperazine rings is 1. The highest BCUT2D eigenvalue weighted by molar-refractivity contribution is 5.96. The fourth-order valence-corrected chi connectivity index (χ4v) is 4.51. The van der Waals surface area contributed by atoms with Crippen LogP contribution in [0.2, 0.25) is 0 Å². The Morgan fingerprint density at radius 3 is 2.52 bits per heavy atom. The number of aromatic nitrogens is 4. The molecule has 2 aliphatic heterocycles. The number of hydrogen-bond acceptors (Lipinski definition) is 7. The predicted octanol–water partition coefficient (Wildman–Crippen LogP) is 1.93. The van der Waals surface area contributed by atoms with E-state index in [4.69, 9.17) is 4.74 Å². The summed E-state index contributed by atoms with van der Waals surface area (Å²) >= 11 is 0. The quantitative estimate of drug-likeness (QED) is 0.637. The molecule has 1 amide bonds. The van der Waals surface area contributed by atoms with Crippen LogP contribution < -0.4 is 14.5 Å². The Labute approximate surface area is 181 Å². The van der Waals surface area contributed by atoms with E-state index in [0.29, 0.717) is 24.5 Å². The Morgan fingerprint density at radius 1 is 1.00 bits per heavy atom. The van der Waals surface area contributed by atoms with Gasteiger partial charge in [0.25, 0.3) is 5.91 Å². The molecule has 2 aromatic heterocycles. The van der Waals surface area contributed by atoms with E-state index in [9.17, 15) is 4.79 Å². The second-order valence-corrected chi connectivity index (χ2v) is 8.10. The first-order valence-electron chi connectivity index (χ1n) is 10.8. The van der Waals surface area contributed by atoms with Gasteiger partial charge in [0.05, 0.1) is 12.6 Å². The van der Waals surface area contributed by atoms with Gasteiger partial charge in [-0.25, -0.2) is 9.97 Å². The maximum atomic E-state index is 13.0. The van der Waals surface area contributed by atoms with Gasteiger partial charge in [0, 0.05) is 63.6 Å². The number of methoxy groups -OCH3 is 1. The van der Waals surface area contributed by atoms with Crippen molar-refractivity contribution in [1.29, 1.82) is 0 Å². The molecule has 3 aromatic rings. The summed E-state index contributed by atoms with van der Waals surface area (Å²) in [5, 5.41) is 5.30. The summed E-state index contributed by atoms with van der Waals surface area (Å²) in [6, 6.07) is 6.39. The lowest BCUT2D eigenvalue weighted by Crippen LogP contribution is -2.48. The number of ether oxygens (including phenoxy) is 1. The van der Waals surface area contributed by atoms with E-state index in [1.165, 1.54) is 20.0 Å². The van der Waals surface area contributed by atoms with Crippen LogP contribution in [0.15, 0.2) is 30.7 Å². The third-order valence-corrected chi connectivity index (χ3v) is 6.15. The molecule has 0 bridgehead atoms. The van der Waals surface area contributed by atoms with Crippen molar-refractivity contribution in [3.63, 3.8) is 0 Å². The van der Waals surface area contributed by atoms with Gasteiger partial charge < -0.3 is 19.4 Å². The highest BCUT2D eigenvalue weighted by Crippen LogP contribution is 2.30. The zero-order valence-electron chi connectivity index (χ0n) is 18.0. The average molecular weight is 422 g/mol. The molecule has 2 saturated heterocycles. The van der Waals surface area contributed by atoms with Gasteiger partial charge in [-0.3, -0.25) is 9.48 Å². The smallest absolute Gasteiger partial charge is 0.261 e. The minimum Gasteiger partial charge on any atom is -0.479 e. The molecule has 5 rings (SSSR count). The lowest BCUT2D eigenvalue weighted by molar-refractivity contribution is 0.0743. The second-order valence-electron chi connectivity index (χ2n) is 8.10. The van der Waals surface area contributed by atoms with Crippen LogP contribution in [0.5, 0.6) is 5.88 Å². The van der Waals surface area contributed by atoms with Gasteiger partial charge in [-0.2, -0.15) is 0 Å². The first kappa shape index (κ1) is 19.6. The summed E-state index contributed by atoms with van der Waals surface area (Å²) < 4.78 is 6.87. The molecule has 2 fully saturated rings. The lowest BCUT2D eigenvalue weighted by Gasteiger charge is -2.36. The van der Waals surface area contributed by atoms with Crippen molar-refractivity contribution in [2.24, 2.45) is 7.05 Å². The topological polar surface area (TPSA) is 79.6 Å². The number of amides is 1. The standard InChI is InChI=1S/C22H27N7O2/c1-26-14-18(21(25-26)31-2)22(30)29-11-9-27(10-12-29)16-5-6-19-17(13-16)20(24-15-23-19)28-7-3-4-8-28/h5-6,13-15H,3-4,7-12H2,1-2H3. The minimum absolute atomic E-state index is 0.0344. The maximum Gasteiger partial charge on any atom is 0.261 e. The van der Waals surface area contributed by atoms with Crippen molar-refractivity contribution in [1.82, 2.24) is 24.6 Å². The van der Waals surface area contributed by atoms with E-state index in [1.54, 1.807) is 24.3 Å². The van der Waals surface area contributed by atoms with Gasteiger partial charge >= 0.3 is 0 Å². The van der Waals surface area contributed by atoms with Gasteiger partial charge in [-0.1, -0.05) is 0 Å². The first-order chi connectivity index (χ1) is 15.1. The lowest BCUT2D eigenvalue weighted by atomic mass is 10.1. The molecule has 0 N–H and O–H groups in total. The molecule has 1 aromatic carbocycles. The van der Waals surface area contributed by atoms with Crippen molar-refractivity contribution >= 4 is 28.3 Å². The van der Waals surface area contributed by atoms with Crippen LogP contribution in [-0.2, 0) is 7.05 Å². The molecule has 0 atom stereocenters. The van der Waals surface area contributed by atoms with Gasteiger partial charge in [0.1, 0.15) is 17.7 Å². The zero-order chi connectivity index (χ0) is 21.4. The van der Waals surface area contributed by atoms with Crippen molar-refractivity contribution in [2.45, 2.75) is 12.8 Å². The Morgan fingerprint density at radius 2 is 1.77 bits per heavy atom. The van der Waals surface area contributed by atoms with Crippen molar-refractivity contribution < 1.29 is 9.53 Å². The predicted molar refractivity (Wildman–Crippen MR) is 119 cm³/mol. The minimum atomic E-state index is -0.0344. The molecule has 0 saturated carbocycles. The molecule has 0 aliphatic carbocycles. The highest BCUT2D eigenvalue weighted by atomic mass is 16.5. The van der Waals surface area contributed by atoms with E-state index < -0.39 is 0 Å². The Kier molecular flexibility index (Phi) is 5.09. The molecular formula is C22H27N7O2. The fraction of sp³-hybridized carbons (Fsp3) is 0.455.